The number of hydrogen-bond donors (Lipinski definition) is 2. The summed E-state index contributed by atoms with van der Waals surface area (Å²) in [6.45, 7) is 4.47. The fourth-order valence-electron chi connectivity index (χ4n) is 1.89. The van der Waals surface area contributed by atoms with Gasteiger partial charge >= 0.3 is 0 Å². The maximum atomic E-state index is 12.6. The largest absolute Gasteiger partial charge is 0.380 e. The molecule has 1 unspecified atom stereocenters. The minimum absolute atomic E-state index is 0.114. The second-order valence-corrected chi connectivity index (χ2v) is 6.31. The van der Waals surface area contributed by atoms with E-state index in [9.17, 15) is 8.42 Å². The van der Waals surface area contributed by atoms with Crippen LogP contribution in [0.5, 0.6) is 0 Å². The van der Waals surface area contributed by atoms with Crippen LogP contribution in [0.4, 0.5) is 5.82 Å². The van der Waals surface area contributed by atoms with Crippen LogP contribution in [0.25, 0.3) is 5.65 Å². The van der Waals surface area contributed by atoms with E-state index in [1.54, 1.807) is 29.7 Å². The molecule has 1 atom stereocenters. The summed E-state index contributed by atoms with van der Waals surface area (Å²) in [5.74, 6) is 0.348. The van der Waals surface area contributed by atoms with Crippen LogP contribution in [0.15, 0.2) is 29.4 Å². The third-order valence-electron chi connectivity index (χ3n) is 3.05. The van der Waals surface area contributed by atoms with E-state index in [0.717, 1.165) is 0 Å². The predicted octanol–water partition coefficient (Wildman–Crippen LogP) is 1.08. The van der Waals surface area contributed by atoms with Crippen molar-refractivity contribution in [2.45, 2.75) is 25.0 Å². The maximum absolute atomic E-state index is 12.6. The normalized spacial score (nSPS) is 13.5. The number of imidazole rings is 1. The number of hydrogen-bond acceptors (Lipinski definition) is 5. The second kappa shape index (κ2) is 6.42. The summed E-state index contributed by atoms with van der Waals surface area (Å²) in [7, 11) is -2.15. The van der Waals surface area contributed by atoms with Crippen molar-refractivity contribution in [3.05, 3.63) is 24.4 Å². The molecule has 0 spiro atoms. The fraction of sp³-hybridized carbons (Fsp3) is 0.462. The minimum atomic E-state index is -3.69. The lowest BCUT2D eigenvalue weighted by atomic mass is 10.4. The molecular formula is C13H20N4O3S. The summed E-state index contributed by atoms with van der Waals surface area (Å²) in [6.07, 6.45) is 1.47. The third kappa shape index (κ3) is 3.34. The average Bonchev–Trinajstić information content (AvgIpc) is 2.84. The van der Waals surface area contributed by atoms with Crippen LogP contribution in [0.2, 0.25) is 0 Å². The summed E-state index contributed by atoms with van der Waals surface area (Å²) >= 11 is 0. The van der Waals surface area contributed by atoms with Crippen LogP contribution in [0, 0.1) is 0 Å². The van der Waals surface area contributed by atoms with Gasteiger partial charge in [-0.05, 0) is 26.0 Å². The van der Waals surface area contributed by atoms with Crippen molar-refractivity contribution in [2.24, 2.45) is 0 Å². The van der Waals surface area contributed by atoms with E-state index in [4.69, 9.17) is 4.74 Å². The standard InChI is InChI=1S/C13H20N4O3S/c1-4-14-12-13(17-8-6-5-7-11(17)16-12)21(18,19)15-9-10(2)20-3/h5-8,10,14-15H,4,9H2,1-3H3. The Morgan fingerprint density at radius 2 is 2.19 bits per heavy atom. The van der Waals surface area contributed by atoms with Gasteiger partial charge in [-0.3, -0.25) is 4.40 Å². The molecule has 0 fully saturated rings. The summed E-state index contributed by atoms with van der Waals surface area (Å²) < 4.78 is 34.3. The van der Waals surface area contributed by atoms with Gasteiger partial charge in [0.25, 0.3) is 10.0 Å². The molecule has 0 aliphatic heterocycles. The molecule has 0 amide bonds. The van der Waals surface area contributed by atoms with E-state index in [1.807, 2.05) is 13.0 Å². The molecule has 116 valence electrons. The number of fused-ring (bicyclic) bond motifs is 1. The first-order valence-electron chi connectivity index (χ1n) is 6.73. The molecule has 0 radical (unpaired) electrons. The molecule has 0 aliphatic carbocycles. The zero-order valence-electron chi connectivity index (χ0n) is 12.3. The van der Waals surface area contributed by atoms with E-state index in [0.29, 0.717) is 18.0 Å². The number of aromatic nitrogens is 2. The van der Waals surface area contributed by atoms with E-state index >= 15 is 0 Å². The van der Waals surface area contributed by atoms with Gasteiger partial charge in [0.05, 0.1) is 6.10 Å². The number of anilines is 1. The quantitative estimate of drug-likeness (QED) is 0.799. The van der Waals surface area contributed by atoms with E-state index in [1.165, 1.54) is 7.11 Å². The highest BCUT2D eigenvalue weighted by molar-refractivity contribution is 7.89. The van der Waals surface area contributed by atoms with Crippen molar-refractivity contribution in [1.82, 2.24) is 14.1 Å². The third-order valence-corrected chi connectivity index (χ3v) is 4.49. The first-order chi connectivity index (χ1) is 9.99. The maximum Gasteiger partial charge on any atom is 0.260 e. The topological polar surface area (TPSA) is 84.7 Å². The van der Waals surface area contributed by atoms with Crippen molar-refractivity contribution in [3.8, 4) is 0 Å². The van der Waals surface area contributed by atoms with E-state index in [2.05, 4.69) is 15.0 Å². The second-order valence-electron chi connectivity index (χ2n) is 4.62. The van der Waals surface area contributed by atoms with Crippen molar-refractivity contribution < 1.29 is 13.2 Å². The van der Waals surface area contributed by atoms with Crippen molar-refractivity contribution in [3.63, 3.8) is 0 Å². The van der Waals surface area contributed by atoms with Crippen LogP contribution in [-0.2, 0) is 14.8 Å². The van der Waals surface area contributed by atoms with Crippen molar-refractivity contribution in [2.75, 3.05) is 25.5 Å². The Bertz CT molecular complexity index is 711. The van der Waals surface area contributed by atoms with Crippen LogP contribution < -0.4 is 10.0 Å². The Kier molecular flexibility index (Phi) is 4.81. The van der Waals surface area contributed by atoms with Gasteiger partial charge in [0.2, 0.25) is 0 Å². The lowest BCUT2D eigenvalue weighted by Crippen LogP contribution is -2.32. The van der Waals surface area contributed by atoms with Gasteiger partial charge in [-0.15, -0.1) is 0 Å². The SMILES string of the molecule is CCNc1nc2ccccn2c1S(=O)(=O)NCC(C)OC. The first-order valence-corrected chi connectivity index (χ1v) is 8.21. The van der Waals surface area contributed by atoms with Gasteiger partial charge in [-0.2, -0.15) is 0 Å². The van der Waals surface area contributed by atoms with E-state index < -0.39 is 10.0 Å². The van der Waals surface area contributed by atoms with Crippen molar-refractivity contribution in [1.29, 1.82) is 0 Å². The molecule has 0 saturated carbocycles. The summed E-state index contributed by atoms with van der Waals surface area (Å²) in [4.78, 5) is 4.32. The number of nitrogens with zero attached hydrogens (tertiary/aromatic N) is 2. The van der Waals surface area contributed by atoms with Gasteiger partial charge in [-0.1, -0.05) is 6.07 Å². The Morgan fingerprint density at radius 1 is 1.43 bits per heavy atom. The van der Waals surface area contributed by atoms with E-state index in [-0.39, 0.29) is 17.7 Å². The molecule has 0 bridgehead atoms. The van der Waals surface area contributed by atoms with Crippen LogP contribution in [0.3, 0.4) is 0 Å². The number of pyridine rings is 1. The summed E-state index contributed by atoms with van der Waals surface area (Å²) in [5.41, 5.74) is 0.577. The molecule has 2 aromatic rings. The monoisotopic (exact) mass is 312 g/mol. The van der Waals surface area contributed by atoms with Crippen LogP contribution in [-0.4, -0.2) is 44.1 Å². The number of rotatable bonds is 7. The molecule has 8 heteroatoms. The lowest BCUT2D eigenvalue weighted by molar-refractivity contribution is 0.122. The number of sulfonamides is 1. The van der Waals surface area contributed by atoms with Gasteiger partial charge in [-0.25, -0.2) is 18.1 Å². The molecule has 21 heavy (non-hydrogen) atoms. The highest BCUT2D eigenvalue weighted by Crippen LogP contribution is 2.22. The Hall–Kier alpha value is -1.64. The zero-order valence-corrected chi connectivity index (χ0v) is 13.1. The van der Waals surface area contributed by atoms with Gasteiger partial charge in [0.1, 0.15) is 5.65 Å². The Balaban J connectivity index is 2.45. The lowest BCUT2D eigenvalue weighted by Gasteiger charge is -2.12. The average molecular weight is 312 g/mol. The summed E-state index contributed by atoms with van der Waals surface area (Å²) in [5, 5.41) is 3.11. The molecule has 2 aromatic heterocycles. The molecule has 0 saturated heterocycles. The predicted molar refractivity (Wildman–Crippen MR) is 81.0 cm³/mol. The zero-order chi connectivity index (χ0) is 15.5. The molecule has 0 aliphatic rings. The molecule has 2 heterocycles. The Morgan fingerprint density at radius 3 is 2.86 bits per heavy atom. The van der Waals surface area contributed by atoms with Gasteiger partial charge in [0.15, 0.2) is 10.8 Å². The fourth-order valence-corrected chi connectivity index (χ4v) is 3.27. The van der Waals surface area contributed by atoms with Gasteiger partial charge < -0.3 is 10.1 Å². The minimum Gasteiger partial charge on any atom is -0.380 e. The number of nitrogens with one attached hydrogen (secondary N) is 2. The van der Waals surface area contributed by atoms with Crippen molar-refractivity contribution >= 4 is 21.5 Å². The first kappa shape index (κ1) is 15.7. The van der Waals surface area contributed by atoms with Gasteiger partial charge in [0, 0.05) is 26.4 Å². The molecule has 7 nitrogen and oxygen atoms in total. The molecule has 0 aromatic carbocycles. The van der Waals surface area contributed by atoms with Crippen LogP contribution >= 0.6 is 0 Å². The highest BCUT2D eigenvalue weighted by Gasteiger charge is 2.25. The summed E-state index contributed by atoms with van der Waals surface area (Å²) in [6, 6.07) is 5.34. The molecule has 2 rings (SSSR count). The molecule has 2 N–H and O–H groups in total. The Labute approximate surface area is 124 Å². The smallest absolute Gasteiger partial charge is 0.260 e. The number of methoxy groups -OCH3 is 1. The number of ether oxygens (including phenoxy) is 1. The van der Waals surface area contributed by atoms with Crippen LogP contribution in [0.1, 0.15) is 13.8 Å². The highest BCUT2D eigenvalue weighted by atomic mass is 32.2. The molecular weight excluding hydrogens is 292 g/mol.